The van der Waals surface area contributed by atoms with Gasteiger partial charge in [-0.3, -0.25) is 9.97 Å². The first kappa shape index (κ1) is 16.4. The van der Waals surface area contributed by atoms with Gasteiger partial charge in [0.1, 0.15) is 5.60 Å². The molecule has 1 aliphatic heterocycles. The van der Waals surface area contributed by atoms with E-state index in [-0.39, 0.29) is 12.0 Å². The van der Waals surface area contributed by atoms with Crippen LogP contribution in [0.2, 0.25) is 0 Å². The summed E-state index contributed by atoms with van der Waals surface area (Å²) in [6.45, 7) is 8.92. The molecule has 0 aliphatic carbocycles. The van der Waals surface area contributed by atoms with E-state index in [0.29, 0.717) is 13.1 Å². The average Bonchev–Trinajstić information content (AvgIpc) is 2.44. The summed E-state index contributed by atoms with van der Waals surface area (Å²) in [5.41, 5.74) is 3.63. The van der Waals surface area contributed by atoms with Crippen molar-refractivity contribution in [2.45, 2.75) is 39.2 Å². The number of hydrogen-bond acceptors (Lipinski definition) is 4. The SMILES string of the molecule is Cc1cccc(-c2nccnc2C2CN(C(=O)OC(C)(C)C)C2)c1. The Balaban J connectivity index is 1.75. The van der Waals surface area contributed by atoms with Crippen LogP contribution in [0.25, 0.3) is 11.3 Å². The molecule has 0 unspecified atom stereocenters. The molecule has 126 valence electrons. The number of carbonyl (C=O) groups is 1. The number of nitrogens with zero attached hydrogens (tertiary/aromatic N) is 3. The molecular formula is C19H23N3O2. The van der Waals surface area contributed by atoms with Crippen molar-refractivity contribution in [1.82, 2.24) is 14.9 Å². The third-order valence-corrected chi connectivity index (χ3v) is 3.94. The van der Waals surface area contributed by atoms with E-state index < -0.39 is 5.60 Å². The minimum atomic E-state index is -0.471. The average molecular weight is 325 g/mol. The highest BCUT2D eigenvalue weighted by Gasteiger charge is 2.36. The summed E-state index contributed by atoms with van der Waals surface area (Å²) in [5, 5.41) is 0. The molecular weight excluding hydrogens is 302 g/mol. The maximum absolute atomic E-state index is 12.1. The van der Waals surface area contributed by atoms with E-state index in [2.05, 4.69) is 29.0 Å². The normalized spacial score (nSPS) is 15.1. The second-order valence-corrected chi connectivity index (χ2v) is 7.24. The highest BCUT2D eigenvalue weighted by Crippen LogP contribution is 2.32. The highest BCUT2D eigenvalue weighted by atomic mass is 16.6. The van der Waals surface area contributed by atoms with Crippen molar-refractivity contribution in [1.29, 1.82) is 0 Å². The third-order valence-electron chi connectivity index (χ3n) is 3.94. The van der Waals surface area contributed by atoms with Gasteiger partial charge in [0.15, 0.2) is 0 Å². The topological polar surface area (TPSA) is 55.3 Å². The minimum Gasteiger partial charge on any atom is -0.444 e. The Morgan fingerprint density at radius 2 is 1.92 bits per heavy atom. The molecule has 0 atom stereocenters. The van der Waals surface area contributed by atoms with E-state index in [9.17, 15) is 4.79 Å². The molecule has 0 bridgehead atoms. The molecule has 1 amide bonds. The lowest BCUT2D eigenvalue weighted by Crippen LogP contribution is -2.50. The quantitative estimate of drug-likeness (QED) is 0.843. The van der Waals surface area contributed by atoms with E-state index in [0.717, 1.165) is 17.0 Å². The van der Waals surface area contributed by atoms with Crippen molar-refractivity contribution in [3.05, 3.63) is 47.9 Å². The Kier molecular flexibility index (Phi) is 4.26. The summed E-state index contributed by atoms with van der Waals surface area (Å²) in [7, 11) is 0. The number of carbonyl (C=O) groups excluding carboxylic acids is 1. The fourth-order valence-corrected chi connectivity index (χ4v) is 2.79. The van der Waals surface area contributed by atoms with Crippen molar-refractivity contribution in [2.24, 2.45) is 0 Å². The molecule has 2 aromatic rings. The molecule has 1 aromatic heterocycles. The van der Waals surface area contributed by atoms with Crippen molar-refractivity contribution in [2.75, 3.05) is 13.1 Å². The molecule has 5 nitrogen and oxygen atoms in total. The summed E-state index contributed by atoms with van der Waals surface area (Å²) in [4.78, 5) is 22.9. The van der Waals surface area contributed by atoms with E-state index in [1.54, 1.807) is 17.3 Å². The Labute approximate surface area is 142 Å². The Bertz CT molecular complexity index is 746. The smallest absolute Gasteiger partial charge is 0.410 e. The van der Waals surface area contributed by atoms with Crippen LogP contribution in [0.15, 0.2) is 36.7 Å². The predicted octanol–water partition coefficient (Wildman–Crippen LogP) is 3.79. The molecule has 1 saturated heterocycles. The van der Waals surface area contributed by atoms with Gasteiger partial charge in [-0.25, -0.2) is 4.79 Å². The molecule has 0 saturated carbocycles. The summed E-state index contributed by atoms with van der Waals surface area (Å²) in [5.74, 6) is 0.196. The number of hydrogen-bond donors (Lipinski definition) is 0. The molecule has 0 spiro atoms. The van der Waals surface area contributed by atoms with Crippen LogP contribution in [-0.2, 0) is 4.74 Å². The van der Waals surface area contributed by atoms with Gasteiger partial charge < -0.3 is 9.64 Å². The van der Waals surface area contributed by atoms with Crippen molar-refractivity contribution >= 4 is 6.09 Å². The second kappa shape index (κ2) is 6.23. The summed E-state index contributed by atoms with van der Waals surface area (Å²) >= 11 is 0. The van der Waals surface area contributed by atoms with Crippen LogP contribution in [0.1, 0.15) is 37.9 Å². The van der Waals surface area contributed by atoms with Gasteiger partial charge in [-0.1, -0.05) is 23.8 Å². The van der Waals surface area contributed by atoms with Gasteiger partial charge in [-0.2, -0.15) is 0 Å². The Morgan fingerprint density at radius 3 is 2.58 bits per heavy atom. The zero-order valence-electron chi connectivity index (χ0n) is 14.6. The van der Waals surface area contributed by atoms with Gasteiger partial charge in [0.25, 0.3) is 0 Å². The zero-order valence-corrected chi connectivity index (χ0v) is 14.6. The largest absolute Gasteiger partial charge is 0.444 e. The maximum atomic E-state index is 12.1. The second-order valence-electron chi connectivity index (χ2n) is 7.24. The lowest BCUT2D eigenvalue weighted by Gasteiger charge is -2.39. The fourth-order valence-electron chi connectivity index (χ4n) is 2.79. The number of rotatable bonds is 2. The molecule has 1 fully saturated rings. The van der Waals surface area contributed by atoms with Crippen LogP contribution >= 0.6 is 0 Å². The van der Waals surface area contributed by atoms with Crippen molar-refractivity contribution in [3.63, 3.8) is 0 Å². The number of aryl methyl sites for hydroxylation is 1. The number of aromatic nitrogens is 2. The maximum Gasteiger partial charge on any atom is 0.410 e. The number of benzene rings is 1. The highest BCUT2D eigenvalue weighted by molar-refractivity contribution is 5.70. The van der Waals surface area contributed by atoms with E-state index >= 15 is 0 Å². The van der Waals surface area contributed by atoms with Crippen molar-refractivity contribution < 1.29 is 9.53 Å². The van der Waals surface area contributed by atoms with Gasteiger partial charge >= 0.3 is 6.09 Å². The number of ether oxygens (including phenoxy) is 1. The number of amides is 1. The van der Waals surface area contributed by atoms with Crippen LogP contribution in [0.4, 0.5) is 4.79 Å². The Morgan fingerprint density at radius 1 is 1.21 bits per heavy atom. The van der Waals surface area contributed by atoms with Crippen LogP contribution < -0.4 is 0 Å². The molecule has 24 heavy (non-hydrogen) atoms. The summed E-state index contributed by atoms with van der Waals surface area (Å²) in [6.07, 6.45) is 3.16. The predicted molar refractivity (Wildman–Crippen MR) is 92.8 cm³/mol. The standard InChI is InChI=1S/C19H23N3O2/c1-13-6-5-7-14(10-13)16-17(21-9-8-20-16)15-11-22(12-15)18(23)24-19(2,3)4/h5-10,15H,11-12H2,1-4H3. The van der Waals surface area contributed by atoms with Crippen LogP contribution in [0.5, 0.6) is 0 Å². The lowest BCUT2D eigenvalue weighted by atomic mass is 9.92. The van der Waals surface area contributed by atoms with E-state index in [4.69, 9.17) is 4.74 Å². The molecule has 2 heterocycles. The van der Waals surface area contributed by atoms with E-state index in [1.165, 1.54) is 5.56 Å². The van der Waals surface area contributed by atoms with Gasteiger partial charge in [0, 0.05) is 37.0 Å². The molecule has 0 N–H and O–H groups in total. The molecule has 5 heteroatoms. The van der Waals surface area contributed by atoms with Crippen LogP contribution in [0.3, 0.4) is 0 Å². The molecule has 3 rings (SSSR count). The minimum absolute atomic E-state index is 0.196. The van der Waals surface area contributed by atoms with Crippen LogP contribution in [-0.4, -0.2) is 39.7 Å². The summed E-state index contributed by atoms with van der Waals surface area (Å²) in [6, 6.07) is 8.24. The van der Waals surface area contributed by atoms with Gasteiger partial charge in [-0.15, -0.1) is 0 Å². The zero-order chi connectivity index (χ0) is 17.3. The fraction of sp³-hybridized carbons (Fsp3) is 0.421. The molecule has 1 aliphatic rings. The summed E-state index contributed by atoms with van der Waals surface area (Å²) < 4.78 is 5.41. The van der Waals surface area contributed by atoms with Gasteiger partial charge in [0.05, 0.1) is 11.4 Å². The first-order chi connectivity index (χ1) is 11.3. The Hall–Kier alpha value is -2.43. The lowest BCUT2D eigenvalue weighted by molar-refractivity contribution is 0.00789. The first-order valence-corrected chi connectivity index (χ1v) is 8.19. The molecule has 1 aromatic carbocycles. The van der Waals surface area contributed by atoms with E-state index in [1.807, 2.05) is 32.9 Å². The van der Waals surface area contributed by atoms with Gasteiger partial charge in [0.2, 0.25) is 0 Å². The number of likely N-dealkylation sites (tertiary alicyclic amines) is 1. The third kappa shape index (κ3) is 3.55. The first-order valence-electron chi connectivity index (χ1n) is 8.19. The van der Waals surface area contributed by atoms with Crippen LogP contribution in [0, 0.1) is 6.92 Å². The van der Waals surface area contributed by atoms with Crippen molar-refractivity contribution in [3.8, 4) is 11.3 Å². The monoisotopic (exact) mass is 325 g/mol. The van der Waals surface area contributed by atoms with Gasteiger partial charge in [-0.05, 0) is 33.8 Å². The molecule has 0 radical (unpaired) electrons.